The molecule has 102 valence electrons. The van der Waals surface area contributed by atoms with E-state index in [0.29, 0.717) is 11.3 Å². The molecule has 0 aliphatic carbocycles. The number of carboxylic acid groups (broad SMARTS) is 1. The number of anilines is 1. The minimum Gasteiger partial charge on any atom is -0.476 e. The molecule has 0 atom stereocenters. The molecule has 1 aromatic rings. The third-order valence-corrected chi connectivity index (χ3v) is 1.99. The number of hydrogen-bond acceptors (Lipinski definition) is 4. The molecule has 1 heterocycles. The molecule has 1 rings (SSSR count). The Kier molecular flexibility index (Phi) is 7.53. The fourth-order valence-corrected chi connectivity index (χ4v) is 1.15. The zero-order valence-corrected chi connectivity index (χ0v) is 11.4. The first-order valence-electron chi connectivity index (χ1n) is 5.91. The molecular formula is C14H19N3O2. The average Bonchev–Trinajstić information content (AvgIpc) is 2.43. The molecule has 19 heavy (non-hydrogen) atoms. The van der Waals surface area contributed by atoms with Crippen molar-refractivity contribution in [1.29, 1.82) is 0 Å². The normalized spacial score (nSPS) is 10.8. The van der Waals surface area contributed by atoms with E-state index in [1.165, 1.54) is 6.20 Å². The topological polar surface area (TPSA) is 89.1 Å². The smallest absolute Gasteiger partial charge is 0.358 e. The first-order chi connectivity index (χ1) is 9.10. The Morgan fingerprint density at radius 3 is 2.58 bits per heavy atom. The monoisotopic (exact) mass is 261 g/mol. The molecule has 0 radical (unpaired) electrons. The summed E-state index contributed by atoms with van der Waals surface area (Å²) in [5.74, 6) is -1.30. The number of rotatable bonds is 4. The summed E-state index contributed by atoms with van der Waals surface area (Å²) in [4.78, 5) is 18.6. The maximum Gasteiger partial charge on any atom is 0.358 e. The van der Waals surface area contributed by atoms with E-state index in [9.17, 15) is 4.79 Å². The van der Waals surface area contributed by atoms with Gasteiger partial charge in [-0.1, -0.05) is 44.7 Å². The van der Waals surface area contributed by atoms with Crippen LogP contribution < -0.4 is 5.73 Å². The molecule has 0 unspecified atom stereocenters. The van der Waals surface area contributed by atoms with E-state index >= 15 is 0 Å². The predicted molar refractivity (Wildman–Crippen MR) is 77.7 cm³/mol. The van der Waals surface area contributed by atoms with E-state index in [0.717, 1.165) is 0 Å². The lowest BCUT2D eigenvalue weighted by molar-refractivity contribution is 0.0691. The molecule has 0 bridgehead atoms. The van der Waals surface area contributed by atoms with Gasteiger partial charge >= 0.3 is 5.97 Å². The van der Waals surface area contributed by atoms with Crippen molar-refractivity contribution in [3.05, 3.63) is 48.5 Å². The van der Waals surface area contributed by atoms with E-state index in [-0.39, 0.29) is 11.5 Å². The lowest BCUT2D eigenvalue weighted by atomic mass is 10.1. The number of aromatic nitrogens is 2. The van der Waals surface area contributed by atoms with Crippen molar-refractivity contribution in [3.8, 4) is 0 Å². The van der Waals surface area contributed by atoms with Gasteiger partial charge < -0.3 is 10.8 Å². The standard InChI is InChI=1S/C12H13N3O2.C2H6/c1-3-5-6-8(4-2)9-7-14-11(13)10(15-9)12(16)17;1-2/h3-7H,2H2,1H3,(H2,13,14)(H,16,17);1-2H3/b5-3-,8-6+;. The van der Waals surface area contributed by atoms with Crippen LogP contribution in [0.3, 0.4) is 0 Å². The Morgan fingerprint density at radius 2 is 2.11 bits per heavy atom. The molecule has 0 aromatic carbocycles. The van der Waals surface area contributed by atoms with Gasteiger partial charge in [0.25, 0.3) is 0 Å². The highest BCUT2D eigenvalue weighted by Crippen LogP contribution is 2.15. The Balaban J connectivity index is 0.00000154. The third kappa shape index (κ3) is 4.75. The largest absolute Gasteiger partial charge is 0.476 e. The number of carbonyl (C=O) groups is 1. The predicted octanol–water partition coefficient (Wildman–Crippen LogP) is 2.93. The van der Waals surface area contributed by atoms with Gasteiger partial charge in [0, 0.05) is 5.57 Å². The van der Waals surface area contributed by atoms with Crippen molar-refractivity contribution in [1.82, 2.24) is 9.97 Å². The van der Waals surface area contributed by atoms with Crippen molar-refractivity contribution in [2.75, 3.05) is 5.73 Å². The average molecular weight is 261 g/mol. The molecule has 5 heteroatoms. The number of nitrogen functional groups attached to an aromatic ring is 1. The number of nitrogens with two attached hydrogens (primary N) is 1. The summed E-state index contributed by atoms with van der Waals surface area (Å²) < 4.78 is 0. The zero-order chi connectivity index (χ0) is 14.8. The van der Waals surface area contributed by atoms with Crippen LogP contribution in [0.25, 0.3) is 5.57 Å². The maximum absolute atomic E-state index is 10.9. The minimum atomic E-state index is -1.20. The highest BCUT2D eigenvalue weighted by Gasteiger charge is 2.12. The number of hydrogen-bond donors (Lipinski definition) is 2. The molecule has 3 N–H and O–H groups in total. The van der Waals surface area contributed by atoms with E-state index in [4.69, 9.17) is 10.8 Å². The highest BCUT2D eigenvalue weighted by atomic mass is 16.4. The Morgan fingerprint density at radius 1 is 1.47 bits per heavy atom. The zero-order valence-electron chi connectivity index (χ0n) is 11.4. The summed E-state index contributed by atoms with van der Waals surface area (Å²) >= 11 is 0. The van der Waals surface area contributed by atoms with Gasteiger partial charge in [0.2, 0.25) is 0 Å². The van der Waals surface area contributed by atoms with Crippen molar-refractivity contribution in [3.63, 3.8) is 0 Å². The lowest BCUT2D eigenvalue weighted by Crippen LogP contribution is -2.09. The maximum atomic E-state index is 10.9. The second-order valence-electron chi connectivity index (χ2n) is 3.15. The minimum absolute atomic E-state index is 0.101. The number of carboxylic acids is 1. The number of nitrogens with zero attached hydrogens (tertiary/aromatic N) is 2. The van der Waals surface area contributed by atoms with E-state index in [2.05, 4.69) is 16.5 Å². The van der Waals surface area contributed by atoms with Gasteiger partial charge in [0.1, 0.15) is 0 Å². The van der Waals surface area contributed by atoms with Crippen molar-refractivity contribution in [2.24, 2.45) is 0 Å². The molecule has 0 spiro atoms. The molecule has 0 aliphatic rings. The van der Waals surface area contributed by atoms with Crippen molar-refractivity contribution < 1.29 is 9.90 Å². The molecule has 0 aliphatic heterocycles. The van der Waals surface area contributed by atoms with Crippen LogP contribution in [0.2, 0.25) is 0 Å². The Hall–Kier alpha value is -2.43. The van der Waals surface area contributed by atoms with Crippen LogP contribution in [0.15, 0.2) is 37.1 Å². The van der Waals surface area contributed by atoms with Gasteiger partial charge in [-0.05, 0) is 6.92 Å². The SMILES string of the molecule is C=C/C(=C\C=C/C)c1cnc(N)c(C(=O)O)n1.CC. The number of allylic oxidation sites excluding steroid dienone is 5. The number of aromatic carboxylic acids is 1. The van der Waals surface area contributed by atoms with E-state index in [1.807, 2.05) is 26.8 Å². The van der Waals surface area contributed by atoms with Crippen LogP contribution in [0.1, 0.15) is 37.0 Å². The van der Waals surface area contributed by atoms with Gasteiger partial charge in [-0.2, -0.15) is 0 Å². The van der Waals surface area contributed by atoms with Crippen LogP contribution in [-0.4, -0.2) is 21.0 Å². The Labute approximate surface area is 113 Å². The van der Waals surface area contributed by atoms with Gasteiger partial charge in [0.15, 0.2) is 11.5 Å². The third-order valence-electron chi connectivity index (χ3n) is 1.99. The second-order valence-corrected chi connectivity index (χ2v) is 3.15. The van der Waals surface area contributed by atoms with Crippen LogP contribution in [0, 0.1) is 0 Å². The summed E-state index contributed by atoms with van der Waals surface area (Å²) in [7, 11) is 0. The van der Waals surface area contributed by atoms with Gasteiger partial charge in [-0.15, -0.1) is 0 Å². The molecule has 0 saturated carbocycles. The molecule has 0 fully saturated rings. The Bertz CT molecular complexity index is 505. The highest BCUT2D eigenvalue weighted by molar-refractivity contribution is 5.90. The van der Waals surface area contributed by atoms with Gasteiger partial charge in [-0.3, -0.25) is 0 Å². The van der Waals surface area contributed by atoms with Crippen LogP contribution in [0.4, 0.5) is 5.82 Å². The summed E-state index contributed by atoms with van der Waals surface area (Å²) in [5, 5.41) is 8.88. The molecule has 0 amide bonds. The quantitative estimate of drug-likeness (QED) is 0.813. The van der Waals surface area contributed by atoms with E-state index < -0.39 is 5.97 Å². The van der Waals surface area contributed by atoms with Crippen molar-refractivity contribution >= 4 is 17.4 Å². The fourth-order valence-electron chi connectivity index (χ4n) is 1.15. The molecule has 1 aromatic heterocycles. The lowest BCUT2D eigenvalue weighted by Gasteiger charge is -2.03. The first-order valence-corrected chi connectivity index (χ1v) is 5.91. The van der Waals surface area contributed by atoms with Crippen molar-refractivity contribution in [2.45, 2.75) is 20.8 Å². The van der Waals surface area contributed by atoms with E-state index in [1.54, 1.807) is 18.2 Å². The van der Waals surface area contributed by atoms with Crippen LogP contribution in [-0.2, 0) is 0 Å². The van der Waals surface area contributed by atoms with Gasteiger partial charge in [0.05, 0.1) is 11.9 Å². The summed E-state index contributed by atoms with van der Waals surface area (Å²) in [6.45, 7) is 9.51. The first kappa shape index (κ1) is 16.6. The van der Waals surface area contributed by atoms with Gasteiger partial charge in [-0.25, -0.2) is 14.8 Å². The molecule has 0 saturated heterocycles. The summed E-state index contributed by atoms with van der Waals surface area (Å²) in [6, 6.07) is 0. The van der Waals surface area contributed by atoms with Crippen LogP contribution in [0.5, 0.6) is 0 Å². The second kappa shape index (κ2) is 8.63. The molecular weight excluding hydrogens is 242 g/mol. The van der Waals surface area contributed by atoms with Crippen LogP contribution >= 0.6 is 0 Å². The fraction of sp³-hybridized carbons (Fsp3) is 0.214. The summed E-state index contributed by atoms with van der Waals surface area (Å²) in [5.41, 5.74) is 6.26. The molecule has 5 nitrogen and oxygen atoms in total. The summed E-state index contributed by atoms with van der Waals surface area (Å²) in [6.07, 6.45) is 8.39.